The summed E-state index contributed by atoms with van der Waals surface area (Å²) in [6, 6.07) is 19.6. The molecular formula is C21H12N6S. The molecule has 0 aliphatic rings. The predicted molar refractivity (Wildman–Crippen MR) is 110 cm³/mol. The first-order valence-corrected chi connectivity index (χ1v) is 9.37. The van der Waals surface area contributed by atoms with Crippen molar-refractivity contribution in [2.45, 2.75) is 0 Å². The molecule has 3 aromatic heterocycles. The van der Waals surface area contributed by atoms with E-state index >= 15 is 0 Å². The van der Waals surface area contributed by atoms with Crippen LogP contribution in [0, 0.1) is 11.3 Å². The SMILES string of the molecule is N#Cc1nc2ccc(Nc3nc(-c4ccncc4)nc4ccccc34)cc2s1. The van der Waals surface area contributed by atoms with Crippen molar-refractivity contribution in [3.05, 3.63) is 72.0 Å². The first kappa shape index (κ1) is 16.3. The molecule has 1 N–H and O–H groups in total. The lowest BCUT2D eigenvalue weighted by atomic mass is 10.2. The van der Waals surface area contributed by atoms with Crippen molar-refractivity contribution in [1.29, 1.82) is 5.26 Å². The lowest BCUT2D eigenvalue weighted by molar-refractivity contribution is 1.21. The Balaban J connectivity index is 1.62. The minimum atomic E-state index is 0.458. The van der Waals surface area contributed by atoms with Crippen molar-refractivity contribution in [2.75, 3.05) is 5.32 Å². The van der Waals surface area contributed by atoms with Crippen LogP contribution >= 0.6 is 11.3 Å². The second-order valence-corrected chi connectivity index (χ2v) is 7.12. The van der Waals surface area contributed by atoms with Gasteiger partial charge in [-0.05, 0) is 42.5 Å². The first-order chi connectivity index (χ1) is 13.8. The molecule has 0 atom stereocenters. The van der Waals surface area contributed by atoms with Gasteiger partial charge in [0.1, 0.15) is 11.9 Å². The maximum Gasteiger partial charge on any atom is 0.195 e. The zero-order valence-electron chi connectivity index (χ0n) is 14.5. The van der Waals surface area contributed by atoms with Crippen molar-refractivity contribution in [1.82, 2.24) is 19.9 Å². The summed E-state index contributed by atoms with van der Waals surface area (Å²) >= 11 is 1.37. The van der Waals surface area contributed by atoms with Gasteiger partial charge in [0, 0.05) is 29.0 Å². The van der Waals surface area contributed by atoms with E-state index in [1.165, 1.54) is 11.3 Å². The number of anilines is 2. The molecule has 0 saturated heterocycles. The highest BCUT2D eigenvalue weighted by atomic mass is 32.1. The summed E-state index contributed by atoms with van der Waals surface area (Å²) in [7, 11) is 0. The van der Waals surface area contributed by atoms with Gasteiger partial charge >= 0.3 is 0 Å². The minimum absolute atomic E-state index is 0.458. The van der Waals surface area contributed by atoms with E-state index in [1.54, 1.807) is 12.4 Å². The van der Waals surface area contributed by atoms with E-state index in [0.29, 0.717) is 10.8 Å². The van der Waals surface area contributed by atoms with Crippen molar-refractivity contribution >= 4 is 44.0 Å². The molecular weight excluding hydrogens is 368 g/mol. The summed E-state index contributed by atoms with van der Waals surface area (Å²) in [5.74, 6) is 1.36. The second kappa shape index (κ2) is 6.68. The second-order valence-electron chi connectivity index (χ2n) is 6.09. The number of nitriles is 1. The molecule has 5 aromatic rings. The summed E-state index contributed by atoms with van der Waals surface area (Å²) in [4.78, 5) is 17.8. The van der Waals surface area contributed by atoms with E-state index < -0.39 is 0 Å². The van der Waals surface area contributed by atoms with Gasteiger partial charge in [-0.25, -0.2) is 15.0 Å². The van der Waals surface area contributed by atoms with Gasteiger partial charge in [-0.2, -0.15) is 5.26 Å². The molecule has 3 heterocycles. The molecule has 0 saturated carbocycles. The van der Waals surface area contributed by atoms with E-state index in [2.05, 4.69) is 26.3 Å². The number of hydrogen-bond donors (Lipinski definition) is 1. The van der Waals surface area contributed by atoms with Gasteiger partial charge in [-0.3, -0.25) is 4.98 Å². The topological polar surface area (TPSA) is 87.4 Å². The smallest absolute Gasteiger partial charge is 0.195 e. The molecule has 0 spiro atoms. The molecule has 7 heteroatoms. The van der Waals surface area contributed by atoms with Crippen molar-refractivity contribution in [3.8, 4) is 17.5 Å². The lowest BCUT2D eigenvalue weighted by Gasteiger charge is -2.11. The fourth-order valence-corrected chi connectivity index (χ4v) is 3.79. The Hall–Kier alpha value is -3.89. The van der Waals surface area contributed by atoms with Gasteiger partial charge in [-0.1, -0.05) is 12.1 Å². The summed E-state index contributed by atoms with van der Waals surface area (Å²) in [5.41, 5.74) is 3.46. The summed E-state index contributed by atoms with van der Waals surface area (Å²) < 4.78 is 0.953. The van der Waals surface area contributed by atoms with Crippen LogP contribution in [0.2, 0.25) is 0 Å². The Labute approximate surface area is 164 Å². The number of fused-ring (bicyclic) bond motifs is 2. The van der Waals surface area contributed by atoms with E-state index in [4.69, 9.17) is 10.2 Å². The Kier molecular flexibility index (Phi) is 3.89. The van der Waals surface area contributed by atoms with Crippen LogP contribution in [0.25, 0.3) is 32.5 Å². The average Bonchev–Trinajstić information content (AvgIpc) is 3.17. The summed E-state index contributed by atoms with van der Waals surface area (Å²) in [5, 5.41) is 13.9. The molecule has 6 nitrogen and oxygen atoms in total. The number of hydrogen-bond acceptors (Lipinski definition) is 7. The third-order valence-electron chi connectivity index (χ3n) is 4.29. The van der Waals surface area contributed by atoms with E-state index in [1.807, 2.05) is 54.6 Å². The highest BCUT2D eigenvalue weighted by Gasteiger charge is 2.11. The maximum absolute atomic E-state index is 9.06. The van der Waals surface area contributed by atoms with Gasteiger partial charge in [-0.15, -0.1) is 11.3 Å². The first-order valence-electron chi connectivity index (χ1n) is 8.55. The number of thiazole rings is 1. The fraction of sp³-hybridized carbons (Fsp3) is 0. The molecule has 2 aromatic carbocycles. The maximum atomic E-state index is 9.06. The van der Waals surface area contributed by atoms with E-state index in [-0.39, 0.29) is 0 Å². The molecule has 0 amide bonds. The molecule has 0 aliphatic heterocycles. The highest BCUT2D eigenvalue weighted by Crippen LogP contribution is 2.30. The number of nitrogens with zero attached hydrogens (tertiary/aromatic N) is 5. The van der Waals surface area contributed by atoms with Crippen LogP contribution in [-0.4, -0.2) is 19.9 Å². The Morgan fingerprint density at radius 2 is 1.75 bits per heavy atom. The van der Waals surface area contributed by atoms with Gasteiger partial charge in [0.15, 0.2) is 10.8 Å². The van der Waals surface area contributed by atoms with E-state index in [0.717, 1.165) is 38.2 Å². The zero-order chi connectivity index (χ0) is 18.9. The summed E-state index contributed by atoms with van der Waals surface area (Å²) in [6.07, 6.45) is 3.46. The third-order valence-corrected chi connectivity index (χ3v) is 5.21. The minimum Gasteiger partial charge on any atom is -0.340 e. The molecule has 0 unspecified atom stereocenters. The van der Waals surface area contributed by atoms with Crippen molar-refractivity contribution in [2.24, 2.45) is 0 Å². The van der Waals surface area contributed by atoms with Crippen molar-refractivity contribution < 1.29 is 0 Å². The number of pyridine rings is 1. The van der Waals surface area contributed by atoms with Gasteiger partial charge in [0.2, 0.25) is 0 Å². The molecule has 0 radical (unpaired) electrons. The predicted octanol–water partition coefficient (Wildman–Crippen LogP) is 4.92. The molecule has 0 aliphatic carbocycles. The van der Waals surface area contributed by atoms with Crippen LogP contribution in [0.15, 0.2) is 67.0 Å². The quantitative estimate of drug-likeness (QED) is 0.478. The largest absolute Gasteiger partial charge is 0.340 e. The zero-order valence-corrected chi connectivity index (χ0v) is 15.3. The monoisotopic (exact) mass is 380 g/mol. The third kappa shape index (κ3) is 2.92. The van der Waals surface area contributed by atoms with Crippen LogP contribution < -0.4 is 5.32 Å². The standard InChI is InChI=1S/C21H12N6S/c22-12-19-25-17-6-5-14(11-18(17)28-19)24-21-15-3-1-2-4-16(15)26-20(27-21)13-7-9-23-10-8-13/h1-11H,(H,24,26,27). The lowest BCUT2D eigenvalue weighted by Crippen LogP contribution is -1.99. The normalized spacial score (nSPS) is 10.8. The fourth-order valence-electron chi connectivity index (χ4n) is 2.99. The molecule has 0 fully saturated rings. The molecule has 5 rings (SSSR count). The number of nitrogens with one attached hydrogen (secondary N) is 1. The van der Waals surface area contributed by atoms with E-state index in [9.17, 15) is 0 Å². The van der Waals surface area contributed by atoms with Crippen LogP contribution in [0.1, 0.15) is 5.01 Å². The Bertz CT molecular complexity index is 1350. The molecule has 28 heavy (non-hydrogen) atoms. The highest BCUT2D eigenvalue weighted by molar-refractivity contribution is 7.19. The molecule has 0 bridgehead atoms. The number of rotatable bonds is 3. The van der Waals surface area contributed by atoms with Gasteiger partial charge in [0.05, 0.1) is 15.7 Å². The van der Waals surface area contributed by atoms with Crippen LogP contribution in [0.5, 0.6) is 0 Å². The van der Waals surface area contributed by atoms with Crippen molar-refractivity contribution in [3.63, 3.8) is 0 Å². The number of aromatic nitrogens is 4. The van der Waals surface area contributed by atoms with Crippen LogP contribution in [-0.2, 0) is 0 Å². The summed E-state index contributed by atoms with van der Waals surface area (Å²) in [6.45, 7) is 0. The van der Waals surface area contributed by atoms with Crippen LogP contribution in [0.4, 0.5) is 11.5 Å². The van der Waals surface area contributed by atoms with Gasteiger partial charge in [0.25, 0.3) is 0 Å². The number of benzene rings is 2. The average molecular weight is 380 g/mol. The van der Waals surface area contributed by atoms with Crippen LogP contribution in [0.3, 0.4) is 0 Å². The Morgan fingerprint density at radius 3 is 2.61 bits per heavy atom. The number of para-hydroxylation sites is 1. The molecule has 132 valence electrons. The van der Waals surface area contributed by atoms with Gasteiger partial charge < -0.3 is 5.32 Å². The Morgan fingerprint density at radius 1 is 0.893 bits per heavy atom.